The number of hydrogen-bond donors (Lipinski definition) is 2. The van der Waals surface area contributed by atoms with E-state index in [1.807, 2.05) is 12.1 Å². The van der Waals surface area contributed by atoms with Crippen LogP contribution in [0, 0.1) is 11.3 Å². The molecule has 1 aliphatic rings. The second-order valence-corrected chi connectivity index (χ2v) is 12.4. The van der Waals surface area contributed by atoms with E-state index in [9.17, 15) is 10.2 Å². The molecule has 1 aliphatic heterocycles. The number of nitrogens with zero attached hydrogens (tertiary/aromatic N) is 4. The molecule has 2 aromatic heterocycles. The molecule has 0 spiro atoms. The van der Waals surface area contributed by atoms with Gasteiger partial charge in [0.2, 0.25) is 0 Å². The molecule has 0 amide bonds. The fraction of sp³-hybridized carbons (Fsp3) is 0.774. The fourth-order valence-corrected chi connectivity index (χ4v) is 6.25. The molecule has 1 fully saturated rings. The van der Waals surface area contributed by atoms with E-state index < -0.39 is 14.2 Å². The molecule has 3 N–H and O–H groups in total. The van der Waals surface area contributed by atoms with Crippen molar-refractivity contribution >= 4 is 19.9 Å². The predicted octanol–water partition coefficient (Wildman–Crippen LogP) is 8.33. The molecule has 3 heterocycles. The number of unbranched alkanes of at least 4 members (excludes halogenated alkanes) is 16. The summed E-state index contributed by atoms with van der Waals surface area (Å²) in [6, 6.07) is 5.97. The molecule has 0 aromatic carbocycles. The van der Waals surface area contributed by atoms with Crippen molar-refractivity contribution in [3.63, 3.8) is 0 Å². The van der Waals surface area contributed by atoms with Crippen LogP contribution < -0.4 is 5.73 Å². The first-order valence-electron chi connectivity index (χ1n) is 16.0. The van der Waals surface area contributed by atoms with Crippen LogP contribution >= 0.6 is 8.60 Å². The normalized spacial score (nSPS) is 19.6. The molecule has 3 atom stereocenters. The first-order chi connectivity index (χ1) is 20.1. The molecule has 0 radical (unpaired) electrons. The lowest BCUT2D eigenvalue weighted by Crippen LogP contribution is -2.31. The molecule has 10 heteroatoms. The molecule has 0 saturated carbocycles. The monoisotopic (exact) mass is 589 g/mol. The van der Waals surface area contributed by atoms with Crippen molar-refractivity contribution in [3.8, 4) is 6.07 Å². The lowest BCUT2D eigenvalue weighted by atomic mass is 10.0. The standard InChI is InChI=1S/C31H52N5O4P/c1-2-3-4-5-6-7-8-9-10-11-12-13-14-15-16-17-18-23-38-41(37)39-25-31(24-32)22-21-29(40-31)27-19-20-28-30(33)34-26-35-36(27)28/h19-20,26,29,37H,2-18,21-23,25H2,1H3,(H2,33,34,35). The van der Waals surface area contributed by atoms with Gasteiger partial charge in [-0.2, -0.15) is 10.4 Å². The SMILES string of the molecule is CCCCCCCCCCCCCCCCCCCOP(O)OCC1(C#N)CCC(c2ccc3c(N)ncnn23)O1. The molecular formula is C31H52N5O4P. The number of nitrogens with two attached hydrogens (primary N) is 1. The highest BCUT2D eigenvalue weighted by molar-refractivity contribution is 7.40. The maximum absolute atomic E-state index is 10.2. The van der Waals surface area contributed by atoms with Crippen molar-refractivity contribution in [2.24, 2.45) is 0 Å². The molecule has 3 rings (SSSR count). The van der Waals surface area contributed by atoms with E-state index in [0.29, 0.717) is 30.8 Å². The van der Waals surface area contributed by atoms with E-state index in [-0.39, 0.29) is 12.7 Å². The van der Waals surface area contributed by atoms with E-state index >= 15 is 0 Å². The van der Waals surface area contributed by atoms with Crippen molar-refractivity contribution in [3.05, 3.63) is 24.2 Å². The highest BCUT2D eigenvalue weighted by Crippen LogP contribution is 2.43. The van der Waals surface area contributed by atoms with Crippen LogP contribution in [0.15, 0.2) is 18.5 Å². The fourth-order valence-electron chi connectivity index (χ4n) is 5.57. The van der Waals surface area contributed by atoms with Crippen molar-refractivity contribution in [1.29, 1.82) is 5.26 Å². The van der Waals surface area contributed by atoms with E-state index in [4.69, 9.17) is 19.5 Å². The number of rotatable bonds is 23. The Morgan fingerprint density at radius 3 is 2.15 bits per heavy atom. The predicted molar refractivity (Wildman–Crippen MR) is 164 cm³/mol. The van der Waals surface area contributed by atoms with Gasteiger partial charge in [0, 0.05) is 0 Å². The first kappa shape index (κ1) is 33.7. The highest BCUT2D eigenvalue weighted by atomic mass is 31.2. The summed E-state index contributed by atoms with van der Waals surface area (Å²) in [6.45, 7) is 2.70. The maximum Gasteiger partial charge on any atom is 0.329 e. The maximum atomic E-state index is 10.2. The van der Waals surface area contributed by atoms with Gasteiger partial charge in [0.1, 0.15) is 24.0 Å². The van der Waals surface area contributed by atoms with Gasteiger partial charge in [-0.3, -0.25) is 0 Å². The Hall–Kier alpha value is -1.82. The zero-order chi connectivity index (χ0) is 29.2. The zero-order valence-corrected chi connectivity index (χ0v) is 26.0. The lowest BCUT2D eigenvalue weighted by molar-refractivity contribution is -0.0358. The van der Waals surface area contributed by atoms with Crippen LogP contribution in [0.1, 0.15) is 141 Å². The number of nitrogen functional groups attached to an aromatic ring is 1. The third kappa shape index (κ3) is 11.8. The van der Waals surface area contributed by atoms with Gasteiger partial charge in [-0.25, -0.2) is 9.50 Å². The summed E-state index contributed by atoms with van der Waals surface area (Å²) in [7, 11) is -2.04. The van der Waals surface area contributed by atoms with Gasteiger partial charge in [-0.1, -0.05) is 110 Å². The van der Waals surface area contributed by atoms with Crippen LogP contribution in [0.25, 0.3) is 5.52 Å². The van der Waals surface area contributed by atoms with Gasteiger partial charge in [-0.15, -0.1) is 0 Å². The minimum atomic E-state index is -2.04. The van der Waals surface area contributed by atoms with Crippen molar-refractivity contribution in [2.75, 3.05) is 18.9 Å². The minimum Gasteiger partial charge on any atom is -0.382 e. The highest BCUT2D eigenvalue weighted by Gasteiger charge is 2.43. The van der Waals surface area contributed by atoms with E-state index in [1.54, 1.807) is 4.52 Å². The van der Waals surface area contributed by atoms with Gasteiger partial charge in [0.25, 0.3) is 0 Å². The van der Waals surface area contributed by atoms with Crippen LogP contribution in [0.3, 0.4) is 0 Å². The van der Waals surface area contributed by atoms with Crippen LogP contribution in [0.4, 0.5) is 5.82 Å². The number of anilines is 1. The van der Waals surface area contributed by atoms with Crippen LogP contribution in [0.5, 0.6) is 0 Å². The second kappa shape index (κ2) is 19.4. The number of ether oxygens (including phenoxy) is 1. The van der Waals surface area contributed by atoms with Crippen LogP contribution in [0.2, 0.25) is 0 Å². The first-order valence-corrected chi connectivity index (χ1v) is 17.1. The molecule has 1 saturated heterocycles. The van der Waals surface area contributed by atoms with Gasteiger partial charge in [-0.05, 0) is 31.4 Å². The van der Waals surface area contributed by atoms with Crippen LogP contribution in [-0.2, 0) is 13.8 Å². The molecule has 9 nitrogen and oxygen atoms in total. The zero-order valence-electron chi connectivity index (χ0n) is 25.1. The molecule has 2 aromatic rings. The summed E-state index contributed by atoms with van der Waals surface area (Å²) in [4.78, 5) is 14.2. The number of hydrogen-bond acceptors (Lipinski definition) is 8. The summed E-state index contributed by atoms with van der Waals surface area (Å²) in [5.41, 5.74) is 6.31. The average Bonchev–Trinajstić information content (AvgIpc) is 3.61. The summed E-state index contributed by atoms with van der Waals surface area (Å²) < 4.78 is 18.8. The van der Waals surface area contributed by atoms with E-state index in [1.165, 1.54) is 103 Å². The molecule has 41 heavy (non-hydrogen) atoms. The van der Waals surface area contributed by atoms with Crippen LogP contribution in [-0.4, -0.2) is 38.3 Å². The topological polar surface area (TPSA) is 128 Å². The van der Waals surface area contributed by atoms with Gasteiger partial charge in [0.05, 0.1) is 18.9 Å². The van der Waals surface area contributed by atoms with E-state index in [0.717, 1.165) is 18.5 Å². The molecule has 0 aliphatic carbocycles. The molecular weight excluding hydrogens is 537 g/mol. The molecule has 230 valence electrons. The Labute approximate surface area is 248 Å². The molecule has 0 bridgehead atoms. The smallest absolute Gasteiger partial charge is 0.329 e. The number of nitriles is 1. The van der Waals surface area contributed by atoms with Crippen molar-refractivity contribution < 1.29 is 18.7 Å². The van der Waals surface area contributed by atoms with E-state index in [2.05, 4.69) is 23.1 Å². The average molecular weight is 590 g/mol. The third-order valence-corrected chi connectivity index (χ3v) is 8.83. The Kier molecular flexibility index (Phi) is 15.9. The number of fused-ring (bicyclic) bond motifs is 1. The lowest BCUT2D eigenvalue weighted by Gasteiger charge is -2.22. The molecule has 3 unspecified atom stereocenters. The summed E-state index contributed by atoms with van der Waals surface area (Å²) >= 11 is 0. The Bertz CT molecular complexity index is 1030. The van der Waals surface area contributed by atoms with Crippen molar-refractivity contribution in [1.82, 2.24) is 14.6 Å². The van der Waals surface area contributed by atoms with Gasteiger partial charge < -0.3 is 24.4 Å². The Morgan fingerprint density at radius 1 is 0.976 bits per heavy atom. The van der Waals surface area contributed by atoms with Crippen molar-refractivity contribution in [2.45, 2.75) is 141 Å². The number of aromatic nitrogens is 3. The Balaban J connectivity index is 1.15. The Morgan fingerprint density at radius 2 is 1.56 bits per heavy atom. The quantitative estimate of drug-likeness (QED) is 0.0978. The summed E-state index contributed by atoms with van der Waals surface area (Å²) in [5, 5.41) is 14.1. The van der Waals surface area contributed by atoms with Gasteiger partial charge in [0.15, 0.2) is 11.4 Å². The largest absolute Gasteiger partial charge is 0.382 e. The summed E-state index contributed by atoms with van der Waals surface area (Å²) in [5.74, 6) is 0.391. The summed E-state index contributed by atoms with van der Waals surface area (Å²) in [6.07, 6.45) is 24.7. The third-order valence-electron chi connectivity index (χ3n) is 8.08. The van der Waals surface area contributed by atoms with Gasteiger partial charge >= 0.3 is 8.60 Å². The second-order valence-electron chi connectivity index (χ2n) is 11.5. The minimum absolute atomic E-state index is 0.0400.